The highest BCUT2D eigenvalue weighted by Crippen LogP contribution is 2.58. The first-order chi connectivity index (χ1) is 17.3. The summed E-state index contributed by atoms with van der Waals surface area (Å²) in [7, 11) is 1.27. The van der Waals surface area contributed by atoms with Gasteiger partial charge in [0.15, 0.2) is 11.0 Å². The summed E-state index contributed by atoms with van der Waals surface area (Å²) in [5.41, 5.74) is -2.48. The number of fused-ring (bicyclic) bond motifs is 4. The molecule has 1 saturated heterocycles. The summed E-state index contributed by atoms with van der Waals surface area (Å²) in [6.45, 7) is 3.48. The highest BCUT2D eigenvalue weighted by atomic mass is 32.1. The van der Waals surface area contributed by atoms with Gasteiger partial charge in [0.1, 0.15) is 5.41 Å². The van der Waals surface area contributed by atoms with Crippen molar-refractivity contribution in [1.29, 1.82) is 0 Å². The number of halogens is 3. The first-order valence-corrected chi connectivity index (χ1v) is 12.4. The minimum absolute atomic E-state index is 0.0232. The molecule has 3 aliphatic rings. The molecule has 0 spiro atoms. The fourth-order valence-electron chi connectivity index (χ4n) is 4.67. The van der Waals surface area contributed by atoms with E-state index in [-0.39, 0.29) is 44.3 Å². The summed E-state index contributed by atoms with van der Waals surface area (Å²) in [6.07, 6.45) is -4.88. The highest BCUT2D eigenvalue weighted by molar-refractivity contribution is 7.16. The van der Waals surface area contributed by atoms with Crippen LogP contribution in [0.1, 0.15) is 49.1 Å². The number of hydrogen-bond donors (Lipinski definition) is 3. The molecule has 37 heavy (non-hydrogen) atoms. The number of amides is 3. The first-order valence-electron chi connectivity index (χ1n) is 11.6. The number of carbonyl (C=O) groups excluding carboxylic acids is 2. The molecule has 0 radical (unpaired) electrons. The van der Waals surface area contributed by atoms with Gasteiger partial charge in [-0.05, 0) is 26.7 Å². The highest BCUT2D eigenvalue weighted by Gasteiger charge is 2.67. The lowest BCUT2D eigenvalue weighted by atomic mass is 9.94. The second-order valence-corrected chi connectivity index (χ2v) is 11.1. The van der Waals surface area contributed by atoms with E-state index in [4.69, 9.17) is 9.26 Å². The molecular weight excluding hydrogens is 519 g/mol. The summed E-state index contributed by atoms with van der Waals surface area (Å²) in [5.74, 6) is -0.390. The Morgan fingerprint density at radius 3 is 2.62 bits per heavy atom. The number of rotatable bonds is 5. The summed E-state index contributed by atoms with van der Waals surface area (Å²) >= 11 is 1.18. The Hall–Kier alpha value is -3.14. The first kappa shape index (κ1) is 25.5. The average molecular weight is 546 g/mol. The van der Waals surface area contributed by atoms with Gasteiger partial charge in [-0.2, -0.15) is 18.2 Å². The number of aromatic nitrogens is 3. The minimum atomic E-state index is -4.48. The molecule has 2 aliphatic heterocycles. The van der Waals surface area contributed by atoms with Crippen molar-refractivity contribution in [2.45, 2.75) is 62.4 Å². The van der Waals surface area contributed by atoms with Gasteiger partial charge in [0.25, 0.3) is 0 Å². The number of anilines is 2. The summed E-state index contributed by atoms with van der Waals surface area (Å²) in [6, 6.07) is -1.57. The van der Waals surface area contributed by atoms with Crippen LogP contribution in [0.4, 0.5) is 33.9 Å². The van der Waals surface area contributed by atoms with Gasteiger partial charge in [0.2, 0.25) is 0 Å². The van der Waals surface area contributed by atoms with E-state index in [9.17, 15) is 27.9 Å². The molecule has 1 saturated carbocycles. The zero-order valence-corrected chi connectivity index (χ0v) is 21.1. The van der Waals surface area contributed by atoms with Crippen molar-refractivity contribution >= 4 is 34.6 Å². The van der Waals surface area contributed by atoms with E-state index < -0.39 is 41.4 Å². The Balaban J connectivity index is 1.42. The molecule has 4 heterocycles. The number of urea groups is 1. The number of thiazole rings is 1. The molecule has 2 aromatic heterocycles. The third-order valence-corrected chi connectivity index (χ3v) is 7.82. The molecule has 2 bridgehead atoms. The summed E-state index contributed by atoms with van der Waals surface area (Å²) in [5, 5.41) is 19.0. The van der Waals surface area contributed by atoms with Crippen molar-refractivity contribution < 1.29 is 37.1 Å². The number of ether oxygens (including phenoxy) is 1. The third kappa shape index (κ3) is 4.67. The number of nitrogens with one attached hydrogen (secondary N) is 2. The van der Waals surface area contributed by atoms with Crippen LogP contribution in [0.5, 0.6) is 0 Å². The number of aliphatic hydroxyl groups is 1. The molecule has 3 N–H and O–H groups in total. The lowest BCUT2D eigenvalue weighted by molar-refractivity contribution is -0.162. The van der Waals surface area contributed by atoms with E-state index in [2.05, 4.69) is 25.8 Å². The van der Waals surface area contributed by atoms with Gasteiger partial charge in [0.05, 0.1) is 35.4 Å². The van der Waals surface area contributed by atoms with E-state index in [0.717, 1.165) is 0 Å². The van der Waals surface area contributed by atoms with Gasteiger partial charge in [-0.3, -0.25) is 5.32 Å². The van der Waals surface area contributed by atoms with Gasteiger partial charge in [-0.15, -0.1) is 0 Å². The number of alkyl halides is 3. The number of piperazine rings is 1. The van der Waals surface area contributed by atoms with Crippen molar-refractivity contribution in [3.8, 4) is 0 Å². The van der Waals surface area contributed by atoms with Gasteiger partial charge in [0, 0.05) is 26.1 Å². The van der Waals surface area contributed by atoms with Gasteiger partial charge < -0.3 is 29.5 Å². The second-order valence-electron chi connectivity index (χ2n) is 10.1. The maximum absolute atomic E-state index is 13.6. The topological polar surface area (TPSA) is 146 Å². The molecule has 202 valence electrons. The average Bonchev–Trinajstić information content (AvgIpc) is 3.33. The van der Waals surface area contributed by atoms with Crippen LogP contribution in [-0.4, -0.2) is 81.8 Å². The normalized spacial score (nSPS) is 22.4. The third-order valence-electron chi connectivity index (χ3n) is 6.70. The van der Waals surface area contributed by atoms with Crippen LogP contribution < -0.4 is 15.5 Å². The van der Waals surface area contributed by atoms with Crippen LogP contribution >= 0.6 is 11.3 Å². The largest absolute Gasteiger partial charge is 0.453 e. The van der Waals surface area contributed by atoms with E-state index in [1.54, 1.807) is 18.7 Å². The Morgan fingerprint density at radius 2 is 2.00 bits per heavy atom. The molecular formula is C21H26F3N7O5S. The predicted octanol–water partition coefficient (Wildman–Crippen LogP) is 2.57. The van der Waals surface area contributed by atoms with Crippen LogP contribution in [-0.2, 0) is 16.6 Å². The maximum Gasteiger partial charge on any atom is 0.409 e. The molecule has 0 unspecified atom stereocenters. The number of carbonyl (C=O) groups is 2. The van der Waals surface area contributed by atoms with E-state index in [1.165, 1.54) is 23.3 Å². The number of nitrogens with zero attached hydrogens (tertiary/aromatic N) is 5. The van der Waals surface area contributed by atoms with E-state index in [1.807, 2.05) is 0 Å². The molecule has 1 aliphatic carbocycles. The summed E-state index contributed by atoms with van der Waals surface area (Å²) < 4.78 is 51.1. The minimum Gasteiger partial charge on any atom is -0.453 e. The van der Waals surface area contributed by atoms with Crippen LogP contribution in [0, 0.1) is 0 Å². The monoisotopic (exact) mass is 545 g/mol. The molecule has 5 rings (SSSR count). The lowest BCUT2D eigenvalue weighted by Gasteiger charge is -2.47. The van der Waals surface area contributed by atoms with Gasteiger partial charge in [-0.25, -0.2) is 14.6 Å². The molecule has 12 nitrogen and oxygen atoms in total. The van der Waals surface area contributed by atoms with Gasteiger partial charge >= 0.3 is 24.3 Å². The van der Waals surface area contributed by atoms with Crippen molar-refractivity contribution in [1.82, 2.24) is 25.3 Å². The van der Waals surface area contributed by atoms with E-state index in [0.29, 0.717) is 22.1 Å². The van der Waals surface area contributed by atoms with Crippen molar-refractivity contribution in [2.75, 3.05) is 37.0 Å². The quantitative estimate of drug-likeness (QED) is 0.516. The van der Waals surface area contributed by atoms with Crippen LogP contribution in [0.25, 0.3) is 0 Å². The zero-order chi connectivity index (χ0) is 26.8. The lowest BCUT2D eigenvalue weighted by Crippen LogP contribution is -2.59. The fourth-order valence-corrected chi connectivity index (χ4v) is 5.74. The van der Waals surface area contributed by atoms with Crippen molar-refractivity contribution in [3.05, 3.63) is 16.4 Å². The van der Waals surface area contributed by atoms with Crippen LogP contribution in [0.3, 0.4) is 0 Å². The molecule has 2 atom stereocenters. The summed E-state index contributed by atoms with van der Waals surface area (Å²) in [4.78, 5) is 37.2. The SMILES string of the molecule is COC(=O)N1C[C@H]2Cc3nc(NC(=O)NCC(C)(C)O)sc3[C@@H](C1)N2c1nc(C2(C(F)(F)F)CC2)no1. The molecule has 0 aromatic carbocycles. The fraction of sp³-hybridized carbons (Fsp3) is 0.667. The Labute approximate surface area is 213 Å². The van der Waals surface area contributed by atoms with Crippen LogP contribution in [0.15, 0.2) is 4.52 Å². The molecule has 2 aromatic rings. The Morgan fingerprint density at radius 1 is 1.27 bits per heavy atom. The van der Waals surface area contributed by atoms with E-state index >= 15 is 0 Å². The smallest absolute Gasteiger partial charge is 0.409 e. The van der Waals surface area contributed by atoms with Crippen molar-refractivity contribution in [2.24, 2.45) is 0 Å². The molecule has 16 heteroatoms. The second kappa shape index (κ2) is 8.72. The van der Waals surface area contributed by atoms with Gasteiger partial charge in [-0.1, -0.05) is 16.5 Å². The molecule has 3 amide bonds. The predicted molar refractivity (Wildman–Crippen MR) is 123 cm³/mol. The number of hydrogen-bond acceptors (Lipinski definition) is 10. The van der Waals surface area contributed by atoms with Crippen molar-refractivity contribution in [3.63, 3.8) is 0 Å². The zero-order valence-electron chi connectivity index (χ0n) is 20.3. The standard InChI is InChI=1S/C21H26F3N7O5S/c1-19(2,34)9-25-15(32)28-16-26-11-6-10-7-30(18(33)35-3)8-12(13(11)37-16)31(10)17-27-14(29-36-17)20(4-5-20)21(22,23)24/h10,12,34H,4-9H2,1-3H3,(H2,25,26,28,32)/t10-,12-/m1/s1. The maximum atomic E-state index is 13.6. The Kier molecular flexibility index (Phi) is 6.01. The van der Waals surface area contributed by atoms with Crippen LogP contribution in [0.2, 0.25) is 0 Å². The Bertz CT molecular complexity index is 1210. The molecule has 2 fully saturated rings. The number of methoxy groups -OCH3 is 1.